The zero-order valence-corrected chi connectivity index (χ0v) is 18.4. The van der Waals surface area contributed by atoms with E-state index >= 15 is 0 Å². The number of hydrogen-bond acceptors (Lipinski definition) is 6. The predicted molar refractivity (Wildman–Crippen MR) is 114 cm³/mol. The van der Waals surface area contributed by atoms with Crippen molar-refractivity contribution in [2.45, 2.75) is 44.3 Å². The average Bonchev–Trinajstić information content (AvgIpc) is 3.17. The fourth-order valence-corrected chi connectivity index (χ4v) is 6.28. The number of nitrogens with one attached hydrogen (secondary N) is 1. The highest BCUT2D eigenvalue weighted by atomic mass is 32.2. The minimum Gasteiger partial charge on any atom is -0.378 e. The lowest BCUT2D eigenvalue weighted by Gasteiger charge is -2.43. The number of ether oxygens (including phenoxy) is 1. The van der Waals surface area contributed by atoms with Crippen LogP contribution in [0, 0.1) is 5.92 Å². The van der Waals surface area contributed by atoms with E-state index in [1.165, 1.54) is 10.6 Å². The summed E-state index contributed by atoms with van der Waals surface area (Å²) in [7, 11) is -1.38. The first-order chi connectivity index (χ1) is 14.3. The molecule has 1 aliphatic carbocycles. The Hall–Kier alpha value is -1.78. The molecule has 1 saturated carbocycles. The van der Waals surface area contributed by atoms with E-state index in [1.54, 1.807) is 0 Å². The van der Waals surface area contributed by atoms with Crippen molar-refractivity contribution in [3.8, 4) is 0 Å². The van der Waals surface area contributed by atoms with Gasteiger partial charge in [0.05, 0.1) is 17.7 Å². The van der Waals surface area contributed by atoms with Gasteiger partial charge in [-0.05, 0) is 44.6 Å². The van der Waals surface area contributed by atoms with Gasteiger partial charge in [-0.3, -0.25) is 0 Å². The highest BCUT2D eigenvalue weighted by Gasteiger charge is 2.41. The van der Waals surface area contributed by atoms with Crippen LogP contribution in [-0.4, -0.2) is 78.5 Å². The van der Waals surface area contributed by atoms with Crippen LogP contribution >= 0.6 is 0 Å². The first-order valence-corrected chi connectivity index (χ1v) is 12.2. The number of sulfonamides is 1. The number of anilines is 1. The molecule has 1 N–H and O–H groups in total. The Morgan fingerprint density at radius 2 is 2.07 bits per heavy atom. The largest absolute Gasteiger partial charge is 0.378 e. The van der Waals surface area contributed by atoms with Crippen molar-refractivity contribution in [2.75, 3.05) is 44.0 Å². The first-order valence-electron chi connectivity index (χ1n) is 10.6. The van der Waals surface area contributed by atoms with E-state index in [0.29, 0.717) is 6.61 Å². The van der Waals surface area contributed by atoms with Gasteiger partial charge < -0.3 is 14.6 Å². The van der Waals surface area contributed by atoms with E-state index in [-0.39, 0.29) is 50.3 Å². The molecule has 0 bridgehead atoms. The summed E-state index contributed by atoms with van der Waals surface area (Å²) in [6, 6.07) is 2.21. The molecule has 0 spiro atoms. The topological polar surface area (TPSA) is 91.4 Å². The molecule has 2 fully saturated rings. The van der Waals surface area contributed by atoms with Gasteiger partial charge >= 0.3 is 0 Å². The van der Waals surface area contributed by atoms with Gasteiger partial charge in [-0.25, -0.2) is 27.1 Å². The third-order valence-electron chi connectivity index (χ3n) is 6.45. The molecule has 0 aromatic carbocycles. The molecule has 1 aliphatic heterocycles. The number of rotatable bonds is 8. The molecule has 3 heterocycles. The van der Waals surface area contributed by atoms with Gasteiger partial charge in [0, 0.05) is 39.0 Å². The summed E-state index contributed by atoms with van der Waals surface area (Å²) < 4.78 is 47.0. The minimum atomic E-state index is -3.38. The molecule has 8 nitrogen and oxygen atoms in total. The fraction of sp³-hybridized carbons (Fsp3) is 0.700. The zero-order chi connectivity index (χ0) is 21.4. The summed E-state index contributed by atoms with van der Waals surface area (Å²) in [6.45, 7) is 2.81. The zero-order valence-electron chi connectivity index (χ0n) is 17.6. The lowest BCUT2D eigenvalue weighted by molar-refractivity contribution is -0.00985. The van der Waals surface area contributed by atoms with E-state index in [0.717, 1.165) is 29.7 Å². The quantitative estimate of drug-likeness (QED) is 0.679. The van der Waals surface area contributed by atoms with Crippen LogP contribution in [-0.2, 0) is 14.8 Å². The summed E-state index contributed by atoms with van der Waals surface area (Å²) >= 11 is 0. The molecule has 0 radical (unpaired) electrons. The van der Waals surface area contributed by atoms with Crippen LogP contribution in [0.1, 0.15) is 32.6 Å². The molecule has 2 aliphatic rings. The second kappa shape index (κ2) is 8.39. The molecule has 2 aromatic heterocycles. The van der Waals surface area contributed by atoms with Crippen molar-refractivity contribution in [3.63, 3.8) is 0 Å². The SMILES string of the molecule is CCOCC1(F)CCN(S(=O)(=O)C[C@H]2C[C@@H](N(C)c3ncnc4[nH]ccc34)C2)CC1. The van der Waals surface area contributed by atoms with Gasteiger partial charge in [-0.15, -0.1) is 0 Å². The molecule has 0 atom stereocenters. The second-order valence-electron chi connectivity index (χ2n) is 8.51. The molecule has 0 unspecified atom stereocenters. The van der Waals surface area contributed by atoms with Gasteiger partial charge in [0.1, 0.15) is 23.5 Å². The first kappa shape index (κ1) is 21.5. The van der Waals surface area contributed by atoms with Gasteiger partial charge in [-0.1, -0.05) is 0 Å². The summed E-state index contributed by atoms with van der Waals surface area (Å²) in [4.78, 5) is 13.8. The Kier molecular flexibility index (Phi) is 6.00. The molecule has 4 rings (SSSR count). The number of piperidine rings is 1. The summed E-state index contributed by atoms with van der Waals surface area (Å²) in [5.41, 5.74) is -0.614. The lowest BCUT2D eigenvalue weighted by Crippen LogP contribution is -2.50. The number of alkyl halides is 1. The van der Waals surface area contributed by atoms with Crippen molar-refractivity contribution in [3.05, 3.63) is 18.6 Å². The van der Waals surface area contributed by atoms with Crippen molar-refractivity contribution in [1.82, 2.24) is 19.3 Å². The molecule has 10 heteroatoms. The van der Waals surface area contributed by atoms with Crippen LogP contribution in [0.5, 0.6) is 0 Å². The third-order valence-corrected chi connectivity index (χ3v) is 8.49. The van der Waals surface area contributed by atoms with Crippen molar-refractivity contribution in [2.24, 2.45) is 5.92 Å². The molecular formula is C20H30FN5O3S. The molecule has 30 heavy (non-hydrogen) atoms. The van der Waals surface area contributed by atoms with Crippen LogP contribution < -0.4 is 4.90 Å². The van der Waals surface area contributed by atoms with Crippen molar-refractivity contribution in [1.29, 1.82) is 0 Å². The Morgan fingerprint density at radius 3 is 2.77 bits per heavy atom. The molecule has 2 aromatic rings. The maximum Gasteiger partial charge on any atom is 0.214 e. The molecule has 166 valence electrons. The number of H-pyrrole nitrogens is 1. The number of aromatic amines is 1. The van der Waals surface area contributed by atoms with Crippen molar-refractivity contribution < 1.29 is 17.5 Å². The summed E-state index contributed by atoms with van der Waals surface area (Å²) in [5, 5.41) is 0.964. The number of halogens is 1. The number of hydrogen-bond donors (Lipinski definition) is 1. The number of aromatic nitrogens is 3. The van der Waals surface area contributed by atoms with E-state index in [9.17, 15) is 12.8 Å². The van der Waals surface area contributed by atoms with Crippen LogP contribution in [0.4, 0.5) is 10.2 Å². The fourth-order valence-electron chi connectivity index (χ4n) is 4.46. The van der Waals surface area contributed by atoms with E-state index in [2.05, 4.69) is 19.9 Å². The van der Waals surface area contributed by atoms with Crippen LogP contribution in [0.15, 0.2) is 18.6 Å². The van der Waals surface area contributed by atoms with Gasteiger partial charge in [0.15, 0.2) is 0 Å². The van der Waals surface area contributed by atoms with Gasteiger partial charge in [0.2, 0.25) is 10.0 Å². The van der Waals surface area contributed by atoms with Crippen molar-refractivity contribution >= 4 is 26.9 Å². The standard InChI is InChI=1S/C20H30FN5O3S/c1-3-29-13-20(21)5-8-26(9-6-20)30(27,28)12-15-10-16(11-15)25(2)19-17-4-7-22-18(17)23-14-24-19/h4,7,14-16H,3,5-6,8-13H2,1-2H3,(H,22,23,24)/t15-,16+. The lowest BCUT2D eigenvalue weighted by atomic mass is 9.81. The van der Waals surface area contributed by atoms with E-state index in [1.807, 2.05) is 26.2 Å². The summed E-state index contributed by atoms with van der Waals surface area (Å²) in [5.74, 6) is 1.11. The van der Waals surface area contributed by atoms with Gasteiger partial charge in [-0.2, -0.15) is 0 Å². The number of nitrogens with zero attached hydrogens (tertiary/aromatic N) is 4. The normalized spacial score (nSPS) is 24.6. The minimum absolute atomic E-state index is 0.0471. The molecular weight excluding hydrogens is 409 g/mol. The monoisotopic (exact) mass is 439 g/mol. The molecule has 0 amide bonds. The molecule has 1 saturated heterocycles. The maximum absolute atomic E-state index is 14.7. The van der Waals surface area contributed by atoms with E-state index in [4.69, 9.17) is 4.74 Å². The smallest absolute Gasteiger partial charge is 0.214 e. The van der Waals surface area contributed by atoms with Crippen LogP contribution in [0.3, 0.4) is 0 Å². The Balaban J connectivity index is 1.30. The van der Waals surface area contributed by atoms with E-state index < -0.39 is 15.7 Å². The highest BCUT2D eigenvalue weighted by Crippen LogP contribution is 2.37. The van der Waals surface area contributed by atoms with Gasteiger partial charge in [0.25, 0.3) is 0 Å². The Labute approximate surface area is 176 Å². The maximum atomic E-state index is 14.7. The third kappa shape index (κ3) is 4.31. The number of fused-ring (bicyclic) bond motifs is 1. The van der Waals surface area contributed by atoms with Crippen LogP contribution in [0.2, 0.25) is 0 Å². The predicted octanol–water partition coefficient (Wildman–Crippen LogP) is 2.34. The average molecular weight is 440 g/mol. The highest BCUT2D eigenvalue weighted by molar-refractivity contribution is 7.89. The summed E-state index contributed by atoms with van der Waals surface area (Å²) in [6.07, 6.45) is 5.38. The Morgan fingerprint density at radius 1 is 1.33 bits per heavy atom. The van der Waals surface area contributed by atoms with Crippen LogP contribution in [0.25, 0.3) is 11.0 Å². The Bertz CT molecular complexity index is 968. The second-order valence-corrected chi connectivity index (χ2v) is 10.5.